The van der Waals surface area contributed by atoms with Crippen LogP contribution in [-0.2, 0) is 0 Å². The van der Waals surface area contributed by atoms with Crippen LogP contribution in [0.3, 0.4) is 0 Å². The van der Waals surface area contributed by atoms with Gasteiger partial charge in [-0.2, -0.15) is 0 Å². The van der Waals surface area contributed by atoms with E-state index in [0.717, 1.165) is 33.4 Å². The summed E-state index contributed by atoms with van der Waals surface area (Å²) in [6.07, 6.45) is 0. The SMILES string of the molecule is O=C(O)c1ccc(Oc2ccccc2-c2ccccc2-c2ccccc2-c2ccccc2Oc2ccc(C(=O)O)cc2)cc1. The first-order valence-corrected chi connectivity index (χ1v) is 13.9. The molecular formula is C38H26O6. The topological polar surface area (TPSA) is 93.1 Å². The van der Waals surface area contributed by atoms with E-state index in [1.165, 1.54) is 24.3 Å². The minimum Gasteiger partial charge on any atom is -0.478 e. The van der Waals surface area contributed by atoms with E-state index >= 15 is 0 Å². The third-order valence-corrected chi connectivity index (χ3v) is 7.16. The fraction of sp³-hybridized carbons (Fsp3) is 0. The Labute approximate surface area is 254 Å². The van der Waals surface area contributed by atoms with Crippen molar-refractivity contribution < 1.29 is 29.3 Å². The maximum Gasteiger partial charge on any atom is 0.335 e. The van der Waals surface area contributed by atoms with Crippen molar-refractivity contribution in [2.75, 3.05) is 0 Å². The van der Waals surface area contributed by atoms with Crippen LogP contribution >= 0.6 is 0 Å². The second kappa shape index (κ2) is 12.4. The molecule has 6 aromatic rings. The lowest BCUT2D eigenvalue weighted by molar-refractivity contribution is 0.0686. The summed E-state index contributed by atoms with van der Waals surface area (Å²) in [5, 5.41) is 18.5. The lowest BCUT2D eigenvalue weighted by Crippen LogP contribution is -1.96. The van der Waals surface area contributed by atoms with Crippen molar-refractivity contribution in [1.29, 1.82) is 0 Å². The zero-order valence-corrected chi connectivity index (χ0v) is 23.4. The number of hydrogen-bond donors (Lipinski definition) is 2. The molecule has 0 aliphatic carbocycles. The molecule has 0 fully saturated rings. The van der Waals surface area contributed by atoms with Gasteiger partial charge in [0.15, 0.2) is 0 Å². The van der Waals surface area contributed by atoms with Crippen LogP contribution in [-0.4, -0.2) is 22.2 Å². The minimum atomic E-state index is -0.993. The molecule has 6 aromatic carbocycles. The van der Waals surface area contributed by atoms with E-state index in [9.17, 15) is 19.8 Å². The summed E-state index contributed by atoms with van der Waals surface area (Å²) in [5.41, 5.74) is 6.03. The Morgan fingerprint density at radius 2 is 0.636 bits per heavy atom. The molecule has 0 spiro atoms. The molecule has 0 aliphatic rings. The smallest absolute Gasteiger partial charge is 0.335 e. The first-order chi connectivity index (χ1) is 21.5. The predicted octanol–water partition coefficient (Wildman–Crippen LogP) is 9.67. The van der Waals surface area contributed by atoms with Crippen molar-refractivity contribution in [3.05, 3.63) is 157 Å². The van der Waals surface area contributed by atoms with Gasteiger partial charge < -0.3 is 19.7 Å². The number of aromatic carboxylic acids is 2. The van der Waals surface area contributed by atoms with E-state index in [1.54, 1.807) is 24.3 Å². The highest BCUT2D eigenvalue weighted by Crippen LogP contribution is 2.44. The summed E-state index contributed by atoms with van der Waals surface area (Å²) in [4.78, 5) is 22.6. The van der Waals surface area contributed by atoms with Crippen LogP contribution in [0.4, 0.5) is 0 Å². The maximum absolute atomic E-state index is 11.3. The largest absolute Gasteiger partial charge is 0.478 e. The fourth-order valence-corrected chi connectivity index (χ4v) is 5.05. The van der Waals surface area contributed by atoms with Crippen LogP contribution in [0.1, 0.15) is 20.7 Å². The number of rotatable bonds is 9. The number of carboxylic acids is 2. The molecule has 0 aliphatic heterocycles. The Balaban J connectivity index is 1.40. The normalized spacial score (nSPS) is 10.6. The molecule has 6 rings (SSSR count). The second-order valence-corrected chi connectivity index (χ2v) is 9.95. The van der Waals surface area contributed by atoms with Gasteiger partial charge in [0.2, 0.25) is 0 Å². The van der Waals surface area contributed by atoms with Crippen LogP contribution < -0.4 is 9.47 Å². The van der Waals surface area contributed by atoms with Gasteiger partial charge in [-0.15, -0.1) is 0 Å². The molecule has 0 atom stereocenters. The number of carbonyl (C=O) groups is 2. The summed E-state index contributed by atoms with van der Waals surface area (Å²) in [6.45, 7) is 0. The highest BCUT2D eigenvalue weighted by Gasteiger charge is 2.17. The van der Waals surface area contributed by atoms with Gasteiger partial charge in [0.25, 0.3) is 0 Å². The predicted molar refractivity (Wildman–Crippen MR) is 170 cm³/mol. The van der Waals surface area contributed by atoms with Crippen LogP contribution in [0.2, 0.25) is 0 Å². The molecule has 0 aromatic heterocycles. The molecule has 0 saturated heterocycles. The van der Waals surface area contributed by atoms with Crippen LogP contribution in [0.15, 0.2) is 146 Å². The van der Waals surface area contributed by atoms with Gasteiger partial charge in [-0.1, -0.05) is 84.9 Å². The number of para-hydroxylation sites is 2. The highest BCUT2D eigenvalue weighted by molar-refractivity contribution is 5.94. The molecular weight excluding hydrogens is 552 g/mol. The summed E-state index contributed by atoms with van der Waals surface area (Å²) in [7, 11) is 0. The summed E-state index contributed by atoms with van der Waals surface area (Å²) >= 11 is 0. The Hall–Kier alpha value is -6.14. The van der Waals surface area contributed by atoms with Gasteiger partial charge in [-0.05, 0) is 82.9 Å². The Kier molecular flexibility index (Phi) is 7.88. The molecule has 0 heterocycles. The number of carboxylic acid groups (broad SMARTS) is 2. The van der Waals surface area contributed by atoms with Crippen molar-refractivity contribution in [2.24, 2.45) is 0 Å². The van der Waals surface area contributed by atoms with Crippen molar-refractivity contribution in [2.45, 2.75) is 0 Å². The number of hydrogen-bond acceptors (Lipinski definition) is 4. The minimum absolute atomic E-state index is 0.189. The van der Waals surface area contributed by atoms with E-state index in [4.69, 9.17) is 9.47 Å². The van der Waals surface area contributed by atoms with E-state index < -0.39 is 11.9 Å². The number of benzene rings is 6. The average Bonchev–Trinajstić information content (AvgIpc) is 3.06. The van der Waals surface area contributed by atoms with E-state index in [1.807, 2.05) is 84.9 Å². The maximum atomic E-state index is 11.3. The summed E-state index contributed by atoms with van der Waals surface area (Å²) in [5.74, 6) is 0.342. The Morgan fingerprint density at radius 1 is 0.364 bits per heavy atom. The molecule has 0 radical (unpaired) electrons. The van der Waals surface area contributed by atoms with Crippen molar-refractivity contribution in [3.63, 3.8) is 0 Å². The van der Waals surface area contributed by atoms with Crippen molar-refractivity contribution in [3.8, 4) is 56.4 Å². The molecule has 44 heavy (non-hydrogen) atoms. The molecule has 0 amide bonds. The zero-order chi connectivity index (χ0) is 30.5. The number of ether oxygens (including phenoxy) is 2. The van der Waals surface area contributed by atoms with Crippen LogP contribution in [0, 0.1) is 0 Å². The van der Waals surface area contributed by atoms with Crippen LogP contribution in [0.25, 0.3) is 33.4 Å². The van der Waals surface area contributed by atoms with Gasteiger partial charge in [-0.3, -0.25) is 0 Å². The van der Waals surface area contributed by atoms with Crippen LogP contribution in [0.5, 0.6) is 23.0 Å². The second-order valence-electron chi connectivity index (χ2n) is 9.95. The van der Waals surface area contributed by atoms with Gasteiger partial charge >= 0.3 is 11.9 Å². The lowest BCUT2D eigenvalue weighted by Gasteiger charge is -2.18. The van der Waals surface area contributed by atoms with E-state index in [0.29, 0.717) is 23.0 Å². The first kappa shape index (κ1) is 28.0. The van der Waals surface area contributed by atoms with Gasteiger partial charge in [-0.25, -0.2) is 9.59 Å². The molecule has 0 unspecified atom stereocenters. The van der Waals surface area contributed by atoms with E-state index in [-0.39, 0.29) is 11.1 Å². The first-order valence-electron chi connectivity index (χ1n) is 13.9. The van der Waals surface area contributed by atoms with Crippen molar-refractivity contribution in [1.82, 2.24) is 0 Å². The standard InChI is InChI=1S/C38H26O6/c39-37(40)25-17-21-27(22-18-25)43-35-15-7-5-13-33(35)31-11-3-1-9-29(31)30-10-2-4-12-32(30)34-14-6-8-16-36(34)44-28-23-19-26(20-24-28)38(41)42/h1-24H,(H,39,40)(H,41,42). The molecule has 0 bridgehead atoms. The monoisotopic (exact) mass is 578 g/mol. The van der Waals surface area contributed by atoms with Crippen molar-refractivity contribution >= 4 is 11.9 Å². The van der Waals surface area contributed by atoms with Gasteiger partial charge in [0.1, 0.15) is 23.0 Å². The molecule has 2 N–H and O–H groups in total. The highest BCUT2D eigenvalue weighted by atomic mass is 16.5. The third kappa shape index (κ3) is 5.91. The molecule has 214 valence electrons. The quantitative estimate of drug-likeness (QED) is 0.177. The fourth-order valence-electron chi connectivity index (χ4n) is 5.05. The van der Waals surface area contributed by atoms with E-state index in [2.05, 4.69) is 12.1 Å². The lowest BCUT2D eigenvalue weighted by atomic mass is 9.89. The Morgan fingerprint density at radius 3 is 0.955 bits per heavy atom. The summed E-state index contributed by atoms with van der Waals surface area (Å²) < 4.78 is 12.5. The van der Waals surface area contributed by atoms with Gasteiger partial charge in [0.05, 0.1) is 11.1 Å². The zero-order valence-electron chi connectivity index (χ0n) is 23.4. The summed E-state index contributed by atoms with van der Waals surface area (Å²) in [6, 6.07) is 44.4. The molecule has 6 nitrogen and oxygen atoms in total. The third-order valence-electron chi connectivity index (χ3n) is 7.16. The Bertz CT molecular complexity index is 1820. The molecule has 6 heteroatoms. The average molecular weight is 579 g/mol. The molecule has 0 saturated carbocycles. The van der Waals surface area contributed by atoms with Gasteiger partial charge in [0, 0.05) is 11.1 Å².